The number of fused-ring (bicyclic) bond motifs is 1. The molecule has 0 amide bonds. The van der Waals surface area contributed by atoms with Crippen LogP contribution in [0.1, 0.15) is 25.0 Å². The number of aliphatic hydroxyl groups is 1. The molecule has 2 aromatic rings. The Balaban J connectivity index is 1.92. The Morgan fingerprint density at radius 1 is 1.35 bits per heavy atom. The van der Waals surface area contributed by atoms with E-state index in [0.29, 0.717) is 18.6 Å². The van der Waals surface area contributed by atoms with Crippen LogP contribution in [0, 0.1) is 5.92 Å². The molecule has 2 atom stereocenters. The van der Waals surface area contributed by atoms with Crippen LogP contribution in [0.3, 0.4) is 0 Å². The van der Waals surface area contributed by atoms with E-state index in [1.807, 2.05) is 24.0 Å². The van der Waals surface area contributed by atoms with Crippen LogP contribution < -0.4 is 0 Å². The molecule has 1 aromatic heterocycles. The van der Waals surface area contributed by atoms with Gasteiger partial charge in [0.25, 0.3) is 0 Å². The summed E-state index contributed by atoms with van der Waals surface area (Å²) >= 11 is 0. The summed E-state index contributed by atoms with van der Waals surface area (Å²) < 4.78 is 6.97. The molecular weight excluding hydrogens is 328 g/mol. The van der Waals surface area contributed by atoms with Crippen molar-refractivity contribution in [3.63, 3.8) is 0 Å². The normalized spacial score (nSPS) is 20.1. The number of aliphatic hydroxyl groups excluding tert-OH is 1. The van der Waals surface area contributed by atoms with E-state index in [2.05, 4.69) is 23.3 Å². The zero-order chi connectivity index (χ0) is 18.7. The molecule has 0 bridgehead atoms. The van der Waals surface area contributed by atoms with Gasteiger partial charge in [-0.15, -0.1) is 0 Å². The fourth-order valence-corrected chi connectivity index (χ4v) is 3.33. The summed E-state index contributed by atoms with van der Waals surface area (Å²) in [5.41, 5.74) is 5.18. The molecule has 26 heavy (non-hydrogen) atoms. The van der Waals surface area contributed by atoms with Crippen LogP contribution in [0.25, 0.3) is 11.1 Å². The van der Waals surface area contributed by atoms with Gasteiger partial charge in [-0.25, -0.2) is 0 Å². The molecule has 1 N–H and O–H groups in total. The SMILES string of the molecule is COCCn1cc(-c2ccc3c(c2)CC(C)C(O)C=C(C(C)=O)C3)cn1. The number of carbonyl (C=O) groups is 1. The summed E-state index contributed by atoms with van der Waals surface area (Å²) in [6.07, 6.45) is 6.36. The van der Waals surface area contributed by atoms with Gasteiger partial charge in [0.1, 0.15) is 0 Å². The first kappa shape index (κ1) is 18.5. The molecule has 5 heteroatoms. The Kier molecular flexibility index (Phi) is 5.69. The molecule has 1 aromatic carbocycles. The zero-order valence-electron chi connectivity index (χ0n) is 15.6. The van der Waals surface area contributed by atoms with Crippen LogP contribution in [0.2, 0.25) is 0 Å². The average Bonchev–Trinajstić information content (AvgIpc) is 3.08. The van der Waals surface area contributed by atoms with Gasteiger partial charge in [-0.2, -0.15) is 5.10 Å². The number of Topliss-reactive ketones (excluding diaryl/α,β-unsaturated/α-hetero) is 1. The third-order valence-corrected chi connectivity index (χ3v) is 5.03. The first-order valence-corrected chi connectivity index (χ1v) is 9.01. The van der Waals surface area contributed by atoms with E-state index in [9.17, 15) is 9.90 Å². The highest BCUT2D eigenvalue weighted by molar-refractivity contribution is 5.93. The lowest BCUT2D eigenvalue weighted by atomic mass is 9.84. The summed E-state index contributed by atoms with van der Waals surface area (Å²) in [5, 5.41) is 14.7. The molecule has 138 valence electrons. The Labute approximate surface area is 154 Å². The zero-order valence-corrected chi connectivity index (χ0v) is 15.6. The predicted molar refractivity (Wildman–Crippen MR) is 101 cm³/mol. The first-order valence-electron chi connectivity index (χ1n) is 9.01. The number of carbonyl (C=O) groups excluding carboxylic acids is 1. The van der Waals surface area contributed by atoms with Crippen LogP contribution in [0.5, 0.6) is 0 Å². The Hall–Kier alpha value is -2.24. The number of hydrogen-bond donors (Lipinski definition) is 1. The maximum atomic E-state index is 11.9. The predicted octanol–water partition coefficient (Wildman–Crippen LogP) is 2.81. The summed E-state index contributed by atoms with van der Waals surface area (Å²) in [7, 11) is 1.68. The van der Waals surface area contributed by atoms with Crippen molar-refractivity contribution in [2.45, 2.75) is 39.3 Å². The van der Waals surface area contributed by atoms with Crippen LogP contribution in [-0.2, 0) is 28.9 Å². The van der Waals surface area contributed by atoms with Crippen molar-refractivity contribution in [2.75, 3.05) is 13.7 Å². The average molecular weight is 354 g/mol. The maximum Gasteiger partial charge on any atom is 0.155 e. The van der Waals surface area contributed by atoms with Crippen molar-refractivity contribution < 1.29 is 14.6 Å². The topological polar surface area (TPSA) is 64.3 Å². The van der Waals surface area contributed by atoms with Crippen LogP contribution >= 0.6 is 0 Å². The van der Waals surface area contributed by atoms with E-state index in [1.54, 1.807) is 20.1 Å². The standard InChI is InChI=1S/C21H26N2O3/c1-14-8-19-10-17(20-12-22-23(13-20)6-7-26-3)5-4-16(19)9-18(15(2)24)11-21(14)25/h4-5,10-14,21,25H,6-9H2,1-3H3. The third-order valence-electron chi connectivity index (χ3n) is 5.03. The smallest absolute Gasteiger partial charge is 0.155 e. The molecule has 0 saturated carbocycles. The van der Waals surface area contributed by atoms with E-state index < -0.39 is 6.10 Å². The molecule has 1 aliphatic carbocycles. The number of ketones is 1. The molecule has 0 aliphatic heterocycles. The van der Waals surface area contributed by atoms with E-state index in [1.165, 1.54) is 5.56 Å². The highest BCUT2D eigenvalue weighted by Crippen LogP contribution is 2.28. The van der Waals surface area contributed by atoms with Crippen molar-refractivity contribution in [1.82, 2.24) is 9.78 Å². The second-order valence-corrected chi connectivity index (χ2v) is 7.07. The number of allylic oxidation sites excluding steroid dienone is 1. The summed E-state index contributed by atoms with van der Waals surface area (Å²) in [6.45, 7) is 4.93. The molecule has 1 heterocycles. The Bertz CT molecular complexity index is 822. The number of hydrogen-bond acceptors (Lipinski definition) is 4. The Morgan fingerprint density at radius 3 is 2.88 bits per heavy atom. The van der Waals surface area contributed by atoms with Crippen molar-refractivity contribution in [1.29, 1.82) is 0 Å². The maximum absolute atomic E-state index is 11.9. The highest BCUT2D eigenvalue weighted by atomic mass is 16.5. The van der Waals surface area contributed by atoms with Crippen LogP contribution in [0.4, 0.5) is 0 Å². The number of benzene rings is 1. The minimum Gasteiger partial charge on any atom is -0.389 e. The van der Waals surface area contributed by atoms with Gasteiger partial charge in [0.2, 0.25) is 0 Å². The monoisotopic (exact) mass is 354 g/mol. The number of rotatable bonds is 5. The van der Waals surface area contributed by atoms with Gasteiger partial charge in [0.05, 0.1) is 25.5 Å². The van der Waals surface area contributed by atoms with Crippen molar-refractivity contribution in [3.05, 3.63) is 53.4 Å². The quantitative estimate of drug-likeness (QED) is 0.897. The van der Waals surface area contributed by atoms with E-state index in [0.717, 1.165) is 29.7 Å². The second-order valence-electron chi connectivity index (χ2n) is 7.07. The lowest BCUT2D eigenvalue weighted by Crippen LogP contribution is -2.22. The highest BCUT2D eigenvalue weighted by Gasteiger charge is 2.21. The molecule has 3 rings (SSSR count). The molecule has 2 unspecified atom stereocenters. The molecule has 1 aliphatic rings. The largest absolute Gasteiger partial charge is 0.389 e. The summed E-state index contributed by atoms with van der Waals surface area (Å²) in [6, 6.07) is 6.34. The first-order chi connectivity index (χ1) is 12.5. The number of nitrogens with zero attached hydrogens (tertiary/aromatic N) is 2. The van der Waals surface area contributed by atoms with Gasteiger partial charge in [-0.3, -0.25) is 9.48 Å². The molecule has 0 fully saturated rings. The minimum atomic E-state index is -0.595. The third kappa shape index (κ3) is 4.11. The Morgan fingerprint density at radius 2 is 2.15 bits per heavy atom. The van der Waals surface area contributed by atoms with E-state index in [-0.39, 0.29) is 11.7 Å². The second kappa shape index (κ2) is 7.98. The van der Waals surface area contributed by atoms with Crippen molar-refractivity contribution in [3.8, 4) is 11.1 Å². The summed E-state index contributed by atoms with van der Waals surface area (Å²) in [4.78, 5) is 11.9. The lowest BCUT2D eigenvalue weighted by Gasteiger charge is -2.23. The molecule has 0 saturated heterocycles. The van der Waals surface area contributed by atoms with Crippen molar-refractivity contribution >= 4 is 5.78 Å². The molecule has 0 spiro atoms. The number of methoxy groups -OCH3 is 1. The minimum absolute atomic E-state index is 0.0209. The number of aromatic nitrogens is 2. The molecular formula is C21H26N2O3. The van der Waals surface area contributed by atoms with Gasteiger partial charge in [-0.05, 0) is 47.6 Å². The molecule has 5 nitrogen and oxygen atoms in total. The molecule has 0 radical (unpaired) electrons. The van der Waals surface area contributed by atoms with Gasteiger partial charge in [0.15, 0.2) is 5.78 Å². The number of ether oxygens (including phenoxy) is 1. The fraction of sp³-hybridized carbons (Fsp3) is 0.429. The van der Waals surface area contributed by atoms with Gasteiger partial charge in [-0.1, -0.05) is 25.1 Å². The van der Waals surface area contributed by atoms with Gasteiger partial charge in [0, 0.05) is 25.3 Å². The van der Waals surface area contributed by atoms with E-state index >= 15 is 0 Å². The summed E-state index contributed by atoms with van der Waals surface area (Å²) in [5.74, 6) is 0.0793. The van der Waals surface area contributed by atoms with Gasteiger partial charge >= 0.3 is 0 Å². The lowest BCUT2D eigenvalue weighted by molar-refractivity contribution is -0.113. The van der Waals surface area contributed by atoms with Crippen molar-refractivity contribution in [2.24, 2.45) is 5.92 Å². The van der Waals surface area contributed by atoms with E-state index in [4.69, 9.17) is 4.74 Å². The van der Waals surface area contributed by atoms with Gasteiger partial charge < -0.3 is 9.84 Å². The fourth-order valence-electron chi connectivity index (χ4n) is 3.33. The van der Waals surface area contributed by atoms with Crippen LogP contribution in [0.15, 0.2) is 42.2 Å². The van der Waals surface area contributed by atoms with Crippen LogP contribution in [-0.4, -0.2) is 40.5 Å².